The van der Waals surface area contributed by atoms with Crippen LogP contribution < -0.4 is 10.1 Å². The molecule has 142 valence electrons. The summed E-state index contributed by atoms with van der Waals surface area (Å²) in [7, 11) is 1.60. The molecule has 0 aromatic heterocycles. The highest BCUT2D eigenvalue weighted by Gasteiger charge is 2.30. The van der Waals surface area contributed by atoms with E-state index >= 15 is 0 Å². The van der Waals surface area contributed by atoms with Gasteiger partial charge < -0.3 is 20.1 Å². The van der Waals surface area contributed by atoms with Gasteiger partial charge in [0.1, 0.15) is 5.75 Å². The number of hydrogen-bond acceptors (Lipinski definition) is 4. The summed E-state index contributed by atoms with van der Waals surface area (Å²) >= 11 is 0. The molecule has 7 heteroatoms. The van der Waals surface area contributed by atoms with Gasteiger partial charge in [-0.25, -0.2) is 4.79 Å². The monoisotopic (exact) mass is 361 g/mol. The second kappa shape index (κ2) is 8.40. The van der Waals surface area contributed by atoms with E-state index in [1.807, 2.05) is 0 Å². The van der Waals surface area contributed by atoms with E-state index in [0.717, 1.165) is 44.5 Å². The summed E-state index contributed by atoms with van der Waals surface area (Å²) in [5, 5.41) is 12.2. The van der Waals surface area contributed by atoms with Crippen LogP contribution in [-0.4, -0.2) is 72.3 Å². The van der Waals surface area contributed by atoms with Gasteiger partial charge in [0, 0.05) is 37.3 Å². The molecule has 2 fully saturated rings. The van der Waals surface area contributed by atoms with Gasteiger partial charge in [-0.3, -0.25) is 9.69 Å². The van der Waals surface area contributed by atoms with Gasteiger partial charge in [-0.2, -0.15) is 0 Å². The first-order chi connectivity index (χ1) is 12.6. The van der Waals surface area contributed by atoms with Crippen molar-refractivity contribution in [3.05, 3.63) is 29.8 Å². The smallest absolute Gasteiger partial charge is 0.407 e. The number of benzene rings is 1. The van der Waals surface area contributed by atoms with Crippen LogP contribution in [0.5, 0.6) is 5.75 Å². The molecule has 1 aromatic carbocycles. The predicted molar refractivity (Wildman–Crippen MR) is 97.7 cm³/mol. The van der Waals surface area contributed by atoms with E-state index in [4.69, 9.17) is 9.84 Å². The number of carboxylic acid groups (broad SMARTS) is 1. The Balaban J connectivity index is 1.51. The Morgan fingerprint density at radius 1 is 1.12 bits per heavy atom. The predicted octanol–water partition coefficient (Wildman–Crippen LogP) is 2.03. The number of nitrogens with zero attached hydrogens (tertiary/aromatic N) is 2. The minimum Gasteiger partial charge on any atom is -0.497 e. The summed E-state index contributed by atoms with van der Waals surface area (Å²) in [6, 6.07) is 7.67. The van der Waals surface area contributed by atoms with E-state index in [2.05, 4.69) is 10.2 Å². The lowest BCUT2D eigenvalue weighted by Gasteiger charge is -2.41. The Bertz CT molecular complexity index is 626. The summed E-state index contributed by atoms with van der Waals surface area (Å²) in [6.07, 6.45) is 2.93. The molecule has 0 bridgehead atoms. The van der Waals surface area contributed by atoms with E-state index in [-0.39, 0.29) is 11.9 Å². The summed E-state index contributed by atoms with van der Waals surface area (Å²) in [4.78, 5) is 27.4. The third-order valence-corrected chi connectivity index (χ3v) is 5.39. The number of methoxy groups -OCH3 is 1. The molecule has 2 aliphatic heterocycles. The number of piperidine rings is 2. The lowest BCUT2D eigenvalue weighted by molar-refractivity contribution is 0.0697. The molecule has 0 spiro atoms. The minimum absolute atomic E-state index is 0.0554. The first-order valence-electron chi connectivity index (χ1n) is 9.23. The van der Waals surface area contributed by atoms with Gasteiger partial charge in [-0.15, -0.1) is 0 Å². The van der Waals surface area contributed by atoms with Crippen LogP contribution in [0, 0.1) is 0 Å². The molecule has 0 saturated carbocycles. The molecule has 7 nitrogen and oxygen atoms in total. The number of likely N-dealkylation sites (tertiary alicyclic amines) is 2. The topological polar surface area (TPSA) is 82.1 Å². The third kappa shape index (κ3) is 4.46. The van der Waals surface area contributed by atoms with Gasteiger partial charge in [0.25, 0.3) is 5.91 Å². The van der Waals surface area contributed by atoms with Crippen molar-refractivity contribution >= 4 is 12.0 Å². The molecule has 2 N–H and O–H groups in total. The van der Waals surface area contributed by atoms with Crippen molar-refractivity contribution in [1.82, 2.24) is 15.1 Å². The maximum absolute atomic E-state index is 12.5. The number of hydrogen-bond donors (Lipinski definition) is 2. The lowest BCUT2D eigenvalue weighted by Crippen LogP contribution is -2.53. The van der Waals surface area contributed by atoms with Crippen molar-refractivity contribution in [2.45, 2.75) is 37.8 Å². The van der Waals surface area contributed by atoms with Crippen LogP contribution in [0.1, 0.15) is 36.0 Å². The Morgan fingerprint density at radius 2 is 1.81 bits per heavy atom. The van der Waals surface area contributed by atoms with Crippen molar-refractivity contribution in [3.8, 4) is 5.75 Å². The Morgan fingerprint density at radius 3 is 2.42 bits per heavy atom. The molecule has 1 atom stereocenters. The van der Waals surface area contributed by atoms with E-state index in [0.29, 0.717) is 24.7 Å². The maximum atomic E-state index is 12.5. The van der Waals surface area contributed by atoms with Gasteiger partial charge in [-0.1, -0.05) is 0 Å². The molecular formula is C19H27N3O4. The molecule has 0 aliphatic carbocycles. The maximum Gasteiger partial charge on any atom is 0.407 e. The minimum atomic E-state index is -0.827. The number of nitrogens with one attached hydrogen (secondary N) is 1. The van der Waals surface area contributed by atoms with Gasteiger partial charge in [0.2, 0.25) is 0 Å². The molecule has 1 aromatic rings. The zero-order valence-corrected chi connectivity index (χ0v) is 15.2. The zero-order valence-electron chi connectivity index (χ0n) is 15.2. The number of rotatable bonds is 4. The SMILES string of the molecule is COc1ccc(C(=O)NC2CCCN(C3CCN(C(=O)O)CC3)C2)cc1. The molecule has 1 unspecified atom stereocenters. The molecule has 2 aliphatic rings. The second-order valence-corrected chi connectivity index (χ2v) is 7.04. The third-order valence-electron chi connectivity index (χ3n) is 5.39. The van der Waals surface area contributed by atoms with Gasteiger partial charge in [-0.05, 0) is 56.5 Å². The summed E-state index contributed by atoms with van der Waals surface area (Å²) in [5.41, 5.74) is 0.637. The lowest BCUT2D eigenvalue weighted by atomic mass is 9.98. The quantitative estimate of drug-likeness (QED) is 0.858. The molecule has 0 radical (unpaired) electrons. The number of carbonyl (C=O) groups is 2. The van der Waals surface area contributed by atoms with Crippen LogP contribution in [0.15, 0.2) is 24.3 Å². The Hall–Kier alpha value is -2.28. The average molecular weight is 361 g/mol. The molecule has 3 rings (SSSR count). The normalized spacial score (nSPS) is 22.0. The van der Waals surface area contributed by atoms with Gasteiger partial charge in [0.05, 0.1) is 7.11 Å². The fourth-order valence-electron chi connectivity index (χ4n) is 3.89. The van der Waals surface area contributed by atoms with Crippen molar-refractivity contribution in [3.63, 3.8) is 0 Å². The van der Waals surface area contributed by atoms with Crippen molar-refractivity contribution in [2.24, 2.45) is 0 Å². The van der Waals surface area contributed by atoms with E-state index in [1.165, 1.54) is 4.90 Å². The number of ether oxygens (including phenoxy) is 1. The fourth-order valence-corrected chi connectivity index (χ4v) is 3.89. The highest BCUT2D eigenvalue weighted by atomic mass is 16.5. The van der Waals surface area contributed by atoms with Crippen LogP contribution in [0.25, 0.3) is 0 Å². The Labute approximate surface area is 153 Å². The van der Waals surface area contributed by atoms with Gasteiger partial charge in [0.15, 0.2) is 0 Å². The first kappa shape index (κ1) is 18.5. The van der Waals surface area contributed by atoms with Crippen LogP contribution in [-0.2, 0) is 0 Å². The summed E-state index contributed by atoms with van der Waals surface area (Å²) < 4.78 is 5.12. The number of carbonyl (C=O) groups excluding carboxylic acids is 1. The largest absolute Gasteiger partial charge is 0.497 e. The molecular weight excluding hydrogens is 334 g/mol. The highest BCUT2D eigenvalue weighted by Crippen LogP contribution is 2.21. The van der Waals surface area contributed by atoms with Crippen LogP contribution >= 0.6 is 0 Å². The van der Waals surface area contributed by atoms with Crippen LogP contribution in [0.2, 0.25) is 0 Å². The van der Waals surface area contributed by atoms with Crippen molar-refractivity contribution in [1.29, 1.82) is 0 Å². The zero-order chi connectivity index (χ0) is 18.5. The van der Waals surface area contributed by atoms with E-state index in [1.54, 1.807) is 31.4 Å². The molecule has 26 heavy (non-hydrogen) atoms. The Kier molecular flexibility index (Phi) is 5.98. The van der Waals surface area contributed by atoms with E-state index < -0.39 is 6.09 Å². The summed E-state index contributed by atoms with van der Waals surface area (Å²) in [6.45, 7) is 3.05. The van der Waals surface area contributed by atoms with Crippen LogP contribution in [0.4, 0.5) is 4.79 Å². The van der Waals surface area contributed by atoms with Crippen LogP contribution in [0.3, 0.4) is 0 Å². The molecule has 2 amide bonds. The van der Waals surface area contributed by atoms with Crippen molar-refractivity contribution in [2.75, 3.05) is 33.3 Å². The highest BCUT2D eigenvalue weighted by molar-refractivity contribution is 5.94. The fraction of sp³-hybridized carbons (Fsp3) is 0.579. The van der Waals surface area contributed by atoms with E-state index in [9.17, 15) is 9.59 Å². The van der Waals surface area contributed by atoms with Gasteiger partial charge >= 0.3 is 6.09 Å². The molecule has 2 saturated heterocycles. The second-order valence-electron chi connectivity index (χ2n) is 7.04. The summed E-state index contributed by atoms with van der Waals surface area (Å²) in [5.74, 6) is 0.679. The average Bonchev–Trinajstić information content (AvgIpc) is 2.68. The number of amides is 2. The van der Waals surface area contributed by atoms with Crippen molar-refractivity contribution < 1.29 is 19.4 Å². The molecule has 2 heterocycles. The standard InChI is InChI=1S/C19H27N3O4/c1-26-17-6-4-14(5-7-17)18(23)20-15-3-2-10-22(13-15)16-8-11-21(12-9-16)19(24)25/h4-7,15-16H,2-3,8-13H2,1H3,(H,20,23)(H,24,25). The first-order valence-corrected chi connectivity index (χ1v) is 9.23.